The van der Waals surface area contributed by atoms with Crippen LogP contribution in [0.4, 0.5) is 0 Å². The molecule has 0 aromatic rings. The lowest BCUT2D eigenvalue weighted by Gasteiger charge is -2.29. The molecule has 0 bridgehead atoms. The molecule has 0 rings (SSSR count). The van der Waals surface area contributed by atoms with E-state index in [0.29, 0.717) is 0 Å². The number of ether oxygens (including phenoxy) is 2. The van der Waals surface area contributed by atoms with Crippen LogP contribution in [0.5, 0.6) is 0 Å². The van der Waals surface area contributed by atoms with Crippen molar-refractivity contribution in [3.8, 4) is 0 Å². The van der Waals surface area contributed by atoms with Crippen LogP contribution in [0, 0.1) is 0 Å². The summed E-state index contributed by atoms with van der Waals surface area (Å²) in [6.07, 6.45) is 0. The molecule has 0 saturated carbocycles. The first kappa shape index (κ1) is 8.88. The first-order valence-electron chi connectivity index (χ1n) is 2.92. The van der Waals surface area contributed by atoms with Crippen molar-refractivity contribution in [3.63, 3.8) is 0 Å². The number of hydrogen-bond acceptors (Lipinski definition) is 3. The molecule has 0 aliphatic rings. The normalized spacial score (nSPS) is 15.7. The topological polar surface area (TPSA) is 44.5 Å². The molecule has 0 saturated heterocycles. The largest absolute Gasteiger partial charge is 0.352 e. The molecular formula is C6H15NO2. The van der Waals surface area contributed by atoms with Gasteiger partial charge in [-0.05, 0) is 13.8 Å². The lowest BCUT2D eigenvalue weighted by Crippen LogP contribution is -2.46. The summed E-state index contributed by atoms with van der Waals surface area (Å²) < 4.78 is 10.0. The molecule has 1 unspecified atom stereocenters. The van der Waals surface area contributed by atoms with Crippen LogP contribution in [0.1, 0.15) is 13.8 Å². The van der Waals surface area contributed by atoms with Crippen molar-refractivity contribution in [2.45, 2.75) is 25.7 Å². The monoisotopic (exact) mass is 133 g/mol. The zero-order chi connectivity index (χ0) is 7.49. The standard InChI is InChI=1S/C6H15NO2/c1-5(7)6(2,8-3)9-4/h5H,7H2,1-4H3. The first-order chi connectivity index (χ1) is 4.06. The molecule has 0 radical (unpaired) electrons. The predicted molar refractivity (Wildman–Crippen MR) is 36.1 cm³/mol. The van der Waals surface area contributed by atoms with E-state index in [9.17, 15) is 0 Å². The van der Waals surface area contributed by atoms with Crippen molar-refractivity contribution in [2.24, 2.45) is 5.73 Å². The summed E-state index contributed by atoms with van der Waals surface area (Å²) in [5, 5.41) is 0. The number of methoxy groups -OCH3 is 2. The summed E-state index contributed by atoms with van der Waals surface area (Å²) in [6, 6.07) is -0.118. The van der Waals surface area contributed by atoms with Crippen LogP contribution in [0.25, 0.3) is 0 Å². The molecule has 2 N–H and O–H groups in total. The van der Waals surface area contributed by atoms with Crippen molar-refractivity contribution >= 4 is 0 Å². The molecule has 0 amide bonds. The van der Waals surface area contributed by atoms with Gasteiger partial charge in [-0.15, -0.1) is 0 Å². The Morgan fingerprint density at radius 2 is 1.67 bits per heavy atom. The van der Waals surface area contributed by atoms with Crippen LogP contribution in [-0.2, 0) is 9.47 Å². The highest BCUT2D eigenvalue weighted by molar-refractivity contribution is 4.72. The fraction of sp³-hybridized carbons (Fsp3) is 1.00. The smallest absolute Gasteiger partial charge is 0.179 e. The third kappa shape index (κ3) is 1.93. The van der Waals surface area contributed by atoms with Crippen LogP contribution >= 0.6 is 0 Å². The van der Waals surface area contributed by atoms with E-state index in [2.05, 4.69) is 0 Å². The van der Waals surface area contributed by atoms with E-state index in [-0.39, 0.29) is 6.04 Å². The summed E-state index contributed by atoms with van der Waals surface area (Å²) >= 11 is 0. The van der Waals surface area contributed by atoms with Gasteiger partial charge in [0.05, 0.1) is 6.04 Å². The Balaban J connectivity index is 3.92. The lowest BCUT2D eigenvalue weighted by molar-refractivity contribution is -0.203. The van der Waals surface area contributed by atoms with E-state index >= 15 is 0 Å². The minimum atomic E-state index is -0.639. The van der Waals surface area contributed by atoms with Crippen molar-refractivity contribution in [1.29, 1.82) is 0 Å². The maximum Gasteiger partial charge on any atom is 0.179 e. The van der Waals surface area contributed by atoms with Gasteiger partial charge in [0.1, 0.15) is 0 Å². The van der Waals surface area contributed by atoms with Gasteiger partial charge in [-0.25, -0.2) is 0 Å². The average molecular weight is 133 g/mol. The molecule has 0 heterocycles. The molecule has 0 aromatic heterocycles. The Morgan fingerprint density at radius 3 is 1.67 bits per heavy atom. The number of nitrogens with two attached hydrogens (primary N) is 1. The van der Waals surface area contributed by atoms with Gasteiger partial charge >= 0.3 is 0 Å². The van der Waals surface area contributed by atoms with Crippen LogP contribution in [0.3, 0.4) is 0 Å². The van der Waals surface area contributed by atoms with Crippen LogP contribution in [-0.4, -0.2) is 26.0 Å². The zero-order valence-corrected chi connectivity index (χ0v) is 6.47. The molecule has 3 nitrogen and oxygen atoms in total. The minimum absolute atomic E-state index is 0.118. The highest BCUT2D eigenvalue weighted by Crippen LogP contribution is 2.12. The van der Waals surface area contributed by atoms with Gasteiger partial charge in [-0.2, -0.15) is 0 Å². The van der Waals surface area contributed by atoms with Crippen molar-refractivity contribution in [1.82, 2.24) is 0 Å². The Kier molecular flexibility index (Phi) is 3.11. The van der Waals surface area contributed by atoms with Gasteiger partial charge in [0.2, 0.25) is 0 Å². The number of hydrogen-bond donors (Lipinski definition) is 1. The van der Waals surface area contributed by atoms with Gasteiger partial charge < -0.3 is 15.2 Å². The van der Waals surface area contributed by atoms with Gasteiger partial charge in [0.25, 0.3) is 0 Å². The third-order valence-corrected chi connectivity index (χ3v) is 1.64. The van der Waals surface area contributed by atoms with E-state index in [1.54, 1.807) is 21.1 Å². The summed E-state index contributed by atoms with van der Waals surface area (Å²) in [7, 11) is 3.15. The second-order valence-electron chi connectivity index (χ2n) is 2.21. The second-order valence-corrected chi connectivity index (χ2v) is 2.21. The summed E-state index contributed by atoms with van der Waals surface area (Å²) in [5.74, 6) is -0.639. The first-order valence-corrected chi connectivity index (χ1v) is 2.92. The molecule has 3 heteroatoms. The molecule has 0 aromatic carbocycles. The lowest BCUT2D eigenvalue weighted by atomic mass is 10.2. The Bertz CT molecular complexity index is 79.1. The molecule has 0 aliphatic carbocycles. The van der Waals surface area contributed by atoms with Crippen LogP contribution in [0.2, 0.25) is 0 Å². The quantitative estimate of drug-likeness (QED) is 0.565. The third-order valence-electron chi connectivity index (χ3n) is 1.64. The zero-order valence-electron chi connectivity index (χ0n) is 6.47. The SMILES string of the molecule is COC(C)(OC)C(C)N. The molecule has 0 fully saturated rings. The maximum absolute atomic E-state index is 5.54. The second kappa shape index (κ2) is 3.15. The van der Waals surface area contributed by atoms with Crippen molar-refractivity contribution in [2.75, 3.05) is 14.2 Å². The molecule has 0 aliphatic heterocycles. The molecule has 56 valence electrons. The van der Waals surface area contributed by atoms with Crippen molar-refractivity contribution < 1.29 is 9.47 Å². The summed E-state index contributed by atoms with van der Waals surface area (Å²) in [6.45, 7) is 3.64. The van der Waals surface area contributed by atoms with E-state index < -0.39 is 5.79 Å². The van der Waals surface area contributed by atoms with E-state index in [0.717, 1.165) is 0 Å². The van der Waals surface area contributed by atoms with Gasteiger partial charge in [-0.3, -0.25) is 0 Å². The number of rotatable bonds is 3. The van der Waals surface area contributed by atoms with Gasteiger partial charge in [0.15, 0.2) is 5.79 Å². The average Bonchev–Trinajstić information content (AvgIpc) is 1.86. The highest BCUT2D eigenvalue weighted by atomic mass is 16.7. The highest BCUT2D eigenvalue weighted by Gasteiger charge is 2.27. The Hall–Kier alpha value is -0.120. The fourth-order valence-corrected chi connectivity index (χ4v) is 0.455. The molecular weight excluding hydrogens is 118 g/mol. The van der Waals surface area contributed by atoms with E-state index in [1.165, 1.54) is 0 Å². The van der Waals surface area contributed by atoms with Gasteiger partial charge in [0, 0.05) is 14.2 Å². The maximum atomic E-state index is 5.54. The molecule has 9 heavy (non-hydrogen) atoms. The Labute approximate surface area is 56.1 Å². The predicted octanol–water partition coefficient (Wildman–Crippen LogP) is 0.343. The van der Waals surface area contributed by atoms with E-state index in [4.69, 9.17) is 15.2 Å². The minimum Gasteiger partial charge on any atom is -0.352 e. The van der Waals surface area contributed by atoms with Crippen LogP contribution in [0.15, 0.2) is 0 Å². The Morgan fingerprint density at radius 1 is 1.33 bits per heavy atom. The molecule has 0 spiro atoms. The van der Waals surface area contributed by atoms with Crippen LogP contribution < -0.4 is 5.73 Å². The van der Waals surface area contributed by atoms with Gasteiger partial charge in [-0.1, -0.05) is 0 Å². The van der Waals surface area contributed by atoms with E-state index in [1.807, 2.05) is 6.92 Å². The molecule has 1 atom stereocenters. The fourth-order valence-electron chi connectivity index (χ4n) is 0.455. The summed E-state index contributed by atoms with van der Waals surface area (Å²) in [4.78, 5) is 0. The van der Waals surface area contributed by atoms with Crippen molar-refractivity contribution in [3.05, 3.63) is 0 Å². The summed E-state index contributed by atoms with van der Waals surface area (Å²) in [5.41, 5.74) is 5.54.